The Kier molecular flexibility index (Phi) is 3.55. The van der Waals surface area contributed by atoms with Crippen LogP contribution in [0.25, 0.3) is 0 Å². The molecule has 0 aromatic heterocycles. The minimum absolute atomic E-state index is 0.0605. The molecule has 108 valence electrons. The largest absolute Gasteiger partial charge is 0.482 e. The highest BCUT2D eigenvalue weighted by atomic mass is 79.9. The van der Waals surface area contributed by atoms with Crippen molar-refractivity contribution in [3.8, 4) is 5.75 Å². The monoisotopic (exact) mass is 350 g/mol. The SMILES string of the molecule is Nc1ccc2c(c1)N(Cc1ccc(Br)cc1F)C(=O)CO2. The van der Waals surface area contributed by atoms with E-state index in [0.29, 0.717) is 27.2 Å². The van der Waals surface area contributed by atoms with E-state index >= 15 is 0 Å². The number of hydrogen-bond donors (Lipinski definition) is 1. The molecule has 4 nitrogen and oxygen atoms in total. The summed E-state index contributed by atoms with van der Waals surface area (Å²) in [6, 6.07) is 9.83. The molecule has 2 aromatic rings. The van der Waals surface area contributed by atoms with Gasteiger partial charge in [-0.05, 0) is 30.3 Å². The standard InChI is InChI=1S/C15H12BrFN2O2/c16-10-2-1-9(12(17)5-10)7-19-13-6-11(18)3-4-14(13)21-8-15(19)20/h1-6H,7-8,18H2. The molecular formula is C15H12BrFN2O2. The van der Waals surface area contributed by atoms with Crippen molar-refractivity contribution in [2.45, 2.75) is 6.54 Å². The third-order valence-corrected chi connectivity index (χ3v) is 3.76. The fourth-order valence-corrected chi connectivity index (χ4v) is 2.55. The second kappa shape index (κ2) is 5.37. The summed E-state index contributed by atoms with van der Waals surface area (Å²) < 4.78 is 20.0. The van der Waals surface area contributed by atoms with E-state index in [1.807, 2.05) is 0 Å². The summed E-state index contributed by atoms with van der Waals surface area (Å²) in [6.07, 6.45) is 0. The third-order valence-electron chi connectivity index (χ3n) is 3.27. The van der Waals surface area contributed by atoms with E-state index in [1.165, 1.54) is 11.0 Å². The van der Waals surface area contributed by atoms with E-state index in [-0.39, 0.29) is 24.9 Å². The predicted octanol–water partition coefficient (Wildman–Crippen LogP) is 3.10. The zero-order chi connectivity index (χ0) is 15.0. The van der Waals surface area contributed by atoms with Gasteiger partial charge in [-0.2, -0.15) is 0 Å². The van der Waals surface area contributed by atoms with Gasteiger partial charge in [-0.1, -0.05) is 22.0 Å². The molecule has 1 aliphatic rings. The first-order chi connectivity index (χ1) is 10.0. The Morgan fingerprint density at radius 3 is 2.86 bits per heavy atom. The molecular weight excluding hydrogens is 339 g/mol. The summed E-state index contributed by atoms with van der Waals surface area (Å²) in [5, 5.41) is 0. The number of nitrogen functional groups attached to an aromatic ring is 1. The number of benzene rings is 2. The van der Waals surface area contributed by atoms with Gasteiger partial charge in [0.25, 0.3) is 5.91 Å². The zero-order valence-corrected chi connectivity index (χ0v) is 12.6. The molecule has 0 bridgehead atoms. The van der Waals surface area contributed by atoms with Crippen LogP contribution in [-0.2, 0) is 11.3 Å². The first-order valence-electron chi connectivity index (χ1n) is 6.31. The van der Waals surface area contributed by atoms with Gasteiger partial charge in [-0.15, -0.1) is 0 Å². The lowest BCUT2D eigenvalue weighted by molar-refractivity contribution is -0.121. The molecule has 0 aliphatic carbocycles. The maximum Gasteiger partial charge on any atom is 0.265 e. The number of hydrogen-bond acceptors (Lipinski definition) is 3. The molecule has 6 heteroatoms. The van der Waals surface area contributed by atoms with E-state index in [2.05, 4.69) is 15.9 Å². The molecule has 0 saturated heterocycles. The van der Waals surface area contributed by atoms with Gasteiger partial charge in [0.05, 0.1) is 12.2 Å². The Balaban J connectivity index is 1.98. The number of nitrogens with zero attached hydrogens (tertiary/aromatic N) is 1. The molecule has 0 saturated carbocycles. The van der Waals surface area contributed by atoms with Crippen molar-refractivity contribution in [3.63, 3.8) is 0 Å². The average Bonchev–Trinajstić information content (AvgIpc) is 2.44. The van der Waals surface area contributed by atoms with Crippen LogP contribution in [0, 0.1) is 5.82 Å². The van der Waals surface area contributed by atoms with E-state index in [1.54, 1.807) is 30.3 Å². The first kappa shape index (κ1) is 13.9. The van der Waals surface area contributed by atoms with Crippen LogP contribution in [0.4, 0.5) is 15.8 Å². The number of amides is 1. The van der Waals surface area contributed by atoms with E-state index < -0.39 is 0 Å². The van der Waals surface area contributed by atoms with Gasteiger partial charge in [0.2, 0.25) is 0 Å². The Morgan fingerprint density at radius 2 is 2.10 bits per heavy atom. The molecule has 2 aromatic carbocycles. The van der Waals surface area contributed by atoms with Crippen molar-refractivity contribution in [2.24, 2.45) is 0 Å². The quantitative estimate of drug-likeness (QED) is 0.846. The Labute approximate surface area is 129 Å². The molecule has 0 fully saturated rings. The smallest absolute Gasteiger partial charge is 0.265 e. The third kappa shape index (κ3) is 2.71. The molecule has 1 amide bonds. The van der Waals surface area contributed by atoms with Gasteiger partial charge in [0.15, 0.2) is 6.61 Å². The second-order valence-corrected chi connectivity index (χ2v) is 5.65. The van der Waals surface area contributed by atoms with Crippen molar-refractivity contribution in [1.29, 1.82) is 0 Å². The number of nitrogens with two attached hydrogens (primary N) is 1. The highest BCUT2D eigenvalue weighted by Crippen LogP contribution is 2.35. The van der Waals surface area contributed by atoms with Crippen LogP contribution < -0.4 is 15.4 Å². The van der Waals surface area contributed by atoms with Crippen molar-refractivity contribution in [3.05, 3.63) is 52.3 Å². The lowest BCUT2D eigenvalue weighted by Crippen LogP contribution is -2.38. The number of halogens is 2. The number of ether oxygens (including phenoxy) is 1. The number of anilines is 2. The zero-order valence-electron chi connectivity index (χ0n) is 11.0. The molecule has 1 heterocycles. The number of fused-ring (bicyclic) bond motifs is 1. The van der Waals surface area contributed by atoms with Gasteiger partial charge in [-0.25, -0.2) is 4.39 Å². The molecule has 0 radical (unpaired) electrons. The van der Waals surface area contributed by atoms with Gasteiger partial charge in [0, 0.05) is 15.7 Å². The summed E-state index contributed by atoms with van der Waals surface area (Å²) in [7, 11) is 0. The molecule has 0 spiro atoms. The minimum atomic E-state index is -0.367. The summed E-state index contributed by atoms with van der Waals surface area (Å²) in [5.41, 5.74) is 7.28. The molecule has 0 unspecified atom stereocenters. The van der Waals surface area contributed by atoms with Gasteiger partial charge in [0.1, 0.15) is 11.6 Å². The minimum Gasteiger partial charge on any atom is -0.482 e. The molecule has 3 rings (SSSR count). The van der Waals surface area contributed by atoms with Crippen LogP contribution in [0.15, 0.2) is 40.9 Å². The normalized spacial score (nSPS) is 13.8. The topological polar surface area (TPSA) is 55.6 Å². The van der Waals surface area contributed by atoms with Crippen molar-refractivity contribution < 1.29 is 13.9 Å². The van der Waals surface area contributed by atoms with Crippen LogP contribution in [0.5, 0.6) is 5.75 Å². The maximum absolute atomic E-state index is 14.0. The molecule has 0 atom stereocenters. The number of carbonyl (C=O) groups is 1. The van der Waals surface area contributed by atoms with Crippen molar-refractivity contribution in [1.82, 2.24) is 0 Å². The number of rotatable bonds is 2. The number of carbonyl (C=O) groups excluding carboxylic acids is 1. The summed E-state index contributed by atoms with van der Waals surface area (Å²) in [5.74, 6) is -0.0224. The van der Waals surface area contributed by atoms with Crippen LogP contribution in [-0.4, -0.2) is 12.5 Å². The lowest BCUT2D eigenvalue weighted by Gasteiger charge is -2.29. The highest BCUT2D eigenvalue weighted by Gasteiger charge is 2.26. The molecule has 21 heavy (non-hydrogen) atoms. The summed E-state index contributed by atoms with van der Waals surface area (Å²) >= 11 is 3.21. The van der Waals surface area contributed by atoms with Crippen LogP contribution in [0.3, 0.4) is 0 Å². The van der Waals surface area contributed by atoms with Crippen LogP contribution in [0.2, 0.25) is 0 Å². The fraction of sp³-hybridized carbons (Fsp3) is 0.133. The maximum atomic E-state index is 14.0. The summed E-state index contributed by atoms with van der Waals surface area (Å²) in [6.45, 7) is 0.0762. The Bertz CT molecular complexity index is 721. The van der Waals surface area contributed by atoms with E-state index in [9.17, 15) is 9.18 Å². The summed E-state index contributed by atoms with van der Waals surface area (Å²) in [4.78, 5) is 13.6. The molecule has 1 aliphatic heterocycles. The first-order valence-corrected chi connectivity index (χ1v) is 7.10. The Hall–Kier alpha value is -2.08. The fourth-order valence-electron chi connectivity index (χ4n) is 2.21. The average molecular weight is 351 g/mol. The lowest BCUT2D eigenvalue weighted by atomic mass is 10.1. The van der Waals surface area contributed by atoms with E-state index in [0.717, 1.165) is 0 Å². The van der Waals surface area contributed by atoms with Crippen molar-refractivity contribution >= 4 is 33.2 Å². The predicted molar refractivity (Wildman–Crippen MR) is 81.6 cm³/mol. The van der Waals surface area contributed by atoms with Gasteiger partial charge >= 0.3 is 0 Å². The highest BCUT2D eigenvalue weighted by molar-refractivity contribution is 9.10. The molecule has 2 N–H and O–H groups in total. The van der Waals surface area contributed by atoms with Crippen LogP contribution in [0.1, 0.15) is 5.56 Å². The van der Waals surface area contributed by atoms with Gasteiger partial charge in [-0.3, -0.25) is 4.79 Å². The Morgan fingerprint density at radius 1 is 1.29 bits per heavy atom. The van der Waals surface area contributed by atoms with Crippen LogP contribution >= 0.6 is 15.9 Å². The van der Waals surface area contributed by atoms with E-state index in [4.69, 9.17) is 10.5 Å². The second-order valence-electron chi connectivity index (χ2n) is 4.73. The van der Waals surface area contributed by atoms with Crippen molar-refractivity contribution in [2.75, 3.05) is 17.2 Å². The van der Waals surface area contributed by atoms with Gasteiger partial charge < -0.3 is 15.4 Å².